The molecule has 0 N–H and O–H groups in total. The summed E-state index contributed by atoms with van der Waals surface area (Å²) in [5, 5.41) is 8.72. The normalized spacial score (nSPS) is 13.9. The van der Waals surface area contributed by atoms with Crippen LogP contribution in [0, 0.1) is 0 Å². The zero-order valence-electron chi connectivity index (χ0n) is 16.7. The molecule has 4 rings (SSSR count). The number of carbonyl (C=O) groups is 1. The first-order valence-corrected chi connectivity index (χ1v) is 9.84. The van der Waals surface area contributed by atoms with E-state index in [9.17, 15) is 9.59 Å². The highest BCUT2D eigenvalue weighted by atomic mass is 16.5. The molecule has 1 amide bonds. The fourth-order valence-corrected chi connectivity index (χ4v) is 3.34. The second-order valence-corrected chi connectivity index (χ2v) is 6.86. The minimum absolute atomic E-state index is 0.143. The van der Waals surface area contributed by atoms with E-state index in [2.05, 4.69) is 15.1 Å². The molecule has 1 aliphatic rings. The molecule has 0 saturated carbocycles. The van der Waals surface area contributed by atoms with Crippen molar-refractivity contribution in [3.63, 3.8) is 0 Å². The lowest BCUT2D eigenvalue weighted by Gasteiger charge is -2.35. The van der Waals surface area contributed by atoms with Crippen molar-refractivity contribution in [2.75, 3.05) is 37.7 Å². The van der Waals surface area contributed by atoms with Gasteiger partial charge in [0.15, 0.2) is 5.82 Å². The first-order chi connectivity index (χ1) is 14.6. The molecule has 0 bridgehead atoms. The fraction of sp³-hybridized carbons (Fsp3) is 0.273. The van der Waals surface area contributed by atoms with Gasteiger partial charge < -0.3 is 19.0 Å². The van der Waals surface area contributed by atoms with Gasteiger partial charge in [-0.2, -0.15) is 0 Å². The number of amides is 1. The van der Waals surface area contributed by atoms with E-state index in [1.165, 1.54) is 18.4 Å². The number of hydrogen-bond donors (Lipinski definition) is 0. The maximum atomic E-state index is 12.5. The molecule has 1 aromatic carbocycles. The molecule has 30 heavy (non-hydrogen) atoms. The Morgan fingerprint density at radius 1 is 1.00 bits per heavy atom. The van der Waals surface area contributed by atoms with Crippen LogP contribution in [-0.4, -0.2) is 53.8 Å². The molecular weight excluding hydrogens is 384 g/mol. The number of rotatable bonds is 5. The second-order valence-electron chi connectivity index (χ2n) is 6.86. The van der Waals surface area contributed by atoms with Crippen LogP contribution >= 0.6 is 0 Å². The van der Waals surface area contributed by atoms with E-state index in [4.69, 9.17) is 9.15 Å². The molecule has 0 spiro atoms. The SMILES string of the molecule is CCOc1ccc(-c2ccc(N3CCN(C(=O)c4ccc(=O)oc4)CC3)nn2)cc1. The van der Waals surface area contributed by atoms with E-state index >= 15 is 0 Å². The number of piperazine rings is 1. The zero-order chi connectivity index (χ0) is 20.9. The Labute approximate surface area is 173 Å². The molecule has 1 fully saturated rings. The first kappa shape index (κ1) is 19.6. The predicted octanol–water partition coefficient (Wildman–Crippen LogP) is 2.46. The lowest BCUT2D eigenvalue weighted by atomic mass is 10.1. The van der Waals surface area contributed by atoms with Gasteiger partial charge in [0.05, 0.1) is 17.9 Å². The topological polar surface area (TPSA) is 88.8 Å². The summed E-state index contributed by atoms with van der Waals surface area (Å²) >= 11 is 0. The molecule has 0 radical (unpaired) electrons. The minimum Gasteiger partial charge on any atom is -0.494 e. The van der Waals surface area contributed by atoms with E-state index in [0.717, 1.165) is 22.8 Å². The van der Waals surface area contributed by atoms with E-state index in [-0.39, 0.29) is 5.91 Å². The zero-order valence-corrected chi connectivity index (χ0v) is 16.7. The average Bonchev–Trinajstić information content (AvgIpc) is 2.80. The van der Waals surface area contributed by atoms with Gasteiger partial charge in [-0.05, 0) is 49.4 Å². The van der Waals surface area contributed by atoms with Crippen LogP contribution in [0.2, 0.25) is 0 Å². The second kappa shape index (κ2) is 8.77. The van der Waals surface area contributed by atoms with Gasteiger partial charge in [0.2, 0.25) is 0 Å². The van der Waals surface area contributed by atoms with Crippen LogP contribution in [0.25, 0.3) is 11.3 Å². The van der Waals surface area contributed by atoms with Crippen LogP contribution in [0.3, 0.4) is 0 Å². The molecular formula is C22H22N4O4. The number of hydrogen-bond acceptors (Lipinski definition) is 7. The van der Waals surface area contributed by atoms with Crippen molar-refractivity contribution in [3.8, 4) is 17.0 Å². The third kappa shape index (κ3) is 4.32. The molecule has 8 heteroatoms. The maximum Gasteiger partial charge on any atom is 0.335 e. The summed E-state index contributed by atoms with van der Waals surface area (Å²) in [7, 11) is 0. The third-order valence-electron chi connectivity index (χ3n) is 4.95. The highest BCUT2D eigenvalue weighted by Crippen LogP contribution is 2.22. The highest BCUT2D eigenvalue weighted by Gasteiger charge is 2.23. The maximum absolute atomic E-state index is 12.5. The van der Waals surface area contributed by atoms with Gasteiger partial charge in [0.1, 0.15) is 12.0 Å². The van der Waals surface area contributed by atoms with Gasteiger partial charge in [0, 0.05) is 37.8 Å². The summed E-state index contributed by atoms with van der Waals surface area (Å²) in [5.41, 5.74) is 1.68. The molecule has 1 aliphatic heterocycles. The molecule has 0 unspecified atom stereocenters. The number of aromatic nitrogens is 2. The summed E-state index contributed by atoms with van der Waals surface area (Å²) < 4.78 is 10.3. The number of ether oxygens (including phenoxy) is 1. The Morgan fingerprint density at radius 3 is 2.37 bits per heavy atom. The Bertz CT molecular complexity index is 1040. The lowest BCUT2D eigenvalue weighted by molar-refractivity contribution is 0.0743. The van der Waals surface area contributed by atoms with Crippen molar-refractivity contribution >= 4 is 11.7 Å². The Morgan fingerprint density at radius 2 is 1.77 bits per heavy atom. The van der Waals surface area contributed by atoms with E-state index in [1.54, 1.807) is 4.90 Å². The molecule has 1 saturated heterocycles. The minimum atomic E-state index is -0.469. The number of nitrogens with zero attached hydrogens (tertiary/aromatic N) is 4. The predicted molar refractivity (Wildman–Crippen MR) is 112 cm³/mol. The van der Waals surface area contributed by atoms with Gasteiger partial charge in [0.25, 0.3) is 5.91 Å². The third-order valence-corrected chi connectivity index (χ3v) is 4.95. The molecule has 3 heterocycles. The van der Waals surface area contributed by atoms with Crippen LogP contribution in [-0.2, 0) is 0 Å². The van der Waals surface area contributed by atoms with Crippen molar-refractivity contribution in [1.29, 1.82) is 0 Å². The highest BCUT2D eigenvalue weighted by molar-refractivity contribution is 5.93. The van der Waals surface area contributed by atoms with Crippen molar-refractivity contribution < 1.29 is 13.9 Å². The van der Waals surface area contributed by atoms with Crippen LogP contribution in [0.4, 0.5) is 5.82 Å². The van der Waals surface area contributed by atoms with Crippen LogP contribution in [0.5, 0.6) is 5.75 Å². The number of carbonyl (C=O) groups excluding carboxylic acids is 1. The summed E-state index contributed by atoms with van der Waals surface area (Å²) in [5.74, 6) is 1.47. The van der Waals surface area contributed by atoms with Gasteiger partial charge in [-0.3, -0.25) is 4.79 Å². The Kier molecular flexibility index (Phi) is 5.74. The summed E-state index contributed by atoms with van der Waals surface area (Å²) in [6.07, 6.45) is 1.21. The average molecular weight is 406 g/mol. The van der Waals surface area contributed by atoms with E-state index in [0.29, 0.717) is 38.3 Å². The standard InChI is InChI=1S/C22H22N4O4/c1-2-29-18-6-3-16(4-7-18)19-8-9-20(24-23-19)25-11-13-26(14-12-25)22(28)17-5-10-21(27)30-15-17/h3-10,15H,2,11-14H2,1H3. The van der Waals surface area contributed by atoms with Crippen molar-refractivity contribution in [3.05, 3.63) is 70.8 Å². The number of anilines is 1. The molecule has 2 aromatic heterocycles. The number of benzene rings is 1. The Hall–Kier alpha value is -3.68. The van der Waals surface area contributed by atoms with Crippen molar-refractivity contribution in [2.45, 2.75) is 6.92 Å². The van der Waals surface area contributed by atoms with Crippen LogP contribution in [0.1, 0.15) is 17.3 Å². The Balaban J connectivity index is 1.37. The molecule has 154 valence electrons. The summed E-state index contributed by atoms with van der Waals surface area (Å²) in [4.78, 5) is 27.4. The van der Waals surface area contributed by atoms with Crippen molar-refractivity contribution in [1.82, 2.24) is 15.1 Å². The summed E-state index contributed by atoms with van der Waals surface area (Å²) in [6.45, 7) is 5.00. The van der Waals surface area contributed by atoms with Crippen LogP contribution < -0.4 is 15.3 Å². The van der Waals surface area contributed by atoms with Crippen LogP contribution in [0.15, 0.2) is 64.0 Å². The molecule has 8 nitrogen and oxygen atoms in total. The van der Waals surface area contributed by atoms with E-state index < -0.39 is 5.63 Å². The van der Waals surface area contributed by atoms with Gasteiger partial charge in [-0.1, -0.05) is 0 Å². The quantitative estimate of drug-likeness (QED) is 0.643. The van der Waals surface area contributed by atoms with Crippen molar-refractivity contribution in [2.24, 2.45) is 0 Å². The lowest BCUT2D eigenvalue weighted by Crippen LogP contribution is -2.49. The van der Waals surface area contributed by atoms with Gasteiger partial charge in [-0.15, -0.1) is 10.2 Å². The largest absolute Gasteiger partial charge is 0.494 e. The van der Waals surface area contributed by atoms with E-state index in [1.807, 2.05) is 43.3 Å². The smallest absolute Gasteiger partial charge is 0.335 e. The molecule has 0 aliphatic carbocycles. The van der Waals surface area contributed by atoms with Gasteiger partial charge >= 0.3 is 5.63 Å². The first-order valence-electron chi connectivity index (χ1n) is 9.84. The summed E-state index contributed by atoms with van der Waals surface area (Å²) in [6, 6.07) is 14.4. The fourth-order valence-electron chi connectivity index (χ4n) is 3.34. The molecule has 3 aromatic rings. The monoisotopic (exact) mass is 406 g/mol. The van der Waals surface area contributed by atoms with Gasteiger partial charge in [-0.25, -0.2) is 4.79 Å². The molecule has 0 atom stereocenters.